The lowest BCUT2D eigenvalue weighted by Crippen LogP contribution is -2.65. The quantitative estimate of drug-likeness (QED) is 0.587. The van der Waals surface area contributed by atoms with Gasteiger partial charge in [0.15, 0.2) is 0 Å². The Kier molecular flexibility index (Phi) is 5.02. The second kappa shape index (κ2) is 5.26. The monoisotopic (exact) mass is 308 g/mol. The van der Waals surface area contributed by atoms with E-state index in [0.717, 1.165) is 27.7 Å². The maximum absolute atomic E-state index is 12.6. The molecule has 0 spiro atoms. The minimum Gasteiger partial charge on any atom is -0.295 e. The largest absolute Gasteiger partial charge is 0.445 e. The maximum atomic E-state index is 12.6. The van der Waals surface area contributed by atoms with Gasteiger partial charge in [-0.1, -0.05) is 27.7 Å². The van der Waals surface area contributed by atoms with Crippen LogP contribution in [0.15, 0.2) is 0 Å². The third-order valence-electron chi connectivity index (χ3n) is 3.09. The fourth-order valence-electron chi connectivity index (χ4n) is 2.29. The molecule has 0 unspecified atom stereocenters. The van der Waals surface area contributed by atoms with Crippen molar-refractivity contribution in [1.82, 2.24) is 0 Å². The molecule has 0 aliphatic rings. The summed E-state index contributed by atoms with van der Waals surface area (Å²) >= 11 is 0. The Balaban J connectivity index is 6.17. The first-order valence-electron chi connectivity index (χ1n) is 5.43. The second-order valence-electron chi connectivity index (χ2n) is 4.83. The highest BCUT2D eigenvalue weighted by Crippen LogP contribution is 2.42. The molecule has 0 radical (unpaired) electrons. The first kappa shape index (κ1) is 18.1. The van der Waals surface area contributed by atoms with E-state index in [1.54, 1.807) is 0 Å². The maximum Gasteiger partial charge on any atom is 0.445 e. The van der Waals surface area contributed by atoms with Crippen molar-refractivity contribution in [3.63, 3.8) is 0 Å². The molecule has 19 heavy (non-hydrogen) atoms. The van der Waals surface area contributed by atoms with Crippen LogP contribution in [0.25, 0.3) is 0 Å². The summed E-state index contributed by atoms with van der Waals surface area (Å²) in [6.07, 6.45) is -10.9. The van der Waals surface area contributed by atoms with Gasteiger partial charge in [0, 0.05) is 0 Å². The number of rotatable bonds is 4. The summed E-state index contributed by atoms with van der Waals surface area (Å²) in [5.74, 6) is 0. The topological polar surface area (TPSA) is 34.1 Å². The van der Waals surface area contributed by atoms with E-state index < -0.39 is 42.3 Å². The number of alkyl halides is 6. The summed E-state index contributed by atoms with van der Waals surface area (Å²) in [7, 11) is -4.96. The van der Waals surface area contributed by atoms with Crippen LogP contribution in [-0.2, 0) is 9.59 Å². The summed E-state index contributed by atoms with van der Waals surface area (Å²) in [6, 6.07) is 0. The fraction of sp³-hybridized carbons (Fsp3) is 0.800. The average molecular weight is 308 g/mol. The van der Waals surface area contributed by atoms with Gasteiger partial charge in [0.05, 0.1) is 0 Å². The van der Waals surface area contributed by atoms with Gasteiger partial charge in [0.2, 0.25) is 18.9 Å². The van der Waals surface area contributed by atoms with Crippen molar-refractivity contribution in [2.45, 2.75) is 51.1 Å². The van der Waals surface area contributed by atoms with Crippen molar-refractivity contribution in [3.8, 4) is 0 Å². The first-order chi connectivity index (χ1) is 8.20. The van der Waals surface area contributed by atoms with Crippen LogP contribution in [0.3, 0.4) is 0 Å². The Morgan fingerprint density at radius 1 is 0.737 bits per heavy atom. The standard InChI is InChI=1S/C10H14F6O2Si/c1-5(2)19(6(3)4,7(17)9(11,12)13)8(18)10(14,15)16/h5-6H,1-4H3. The van der Waals surface area contributed by atoms with E-state index in [-0.39, 0.29) is 0 Å². The van der Waals surface area contributed by atoms with Gasteiger partial charge in [-0.25, -0.2) is 0 Å². The zero-order valence-corrected chi connectivity index (χ0v) is 11.7. The van der Waals surface area contributed by atoms with E-state index in [4.69, 9.17) is 0 Å². The molecule has 0 atom stereocenters. The van der Waals surface area contributed by atoms with Crippen LogP contribution in [0, 0.1) is 0 Å². The summed E-state index contributed by atoms with van der Waals surface area (Å²) in [5, 5.41) is -5.01. The van der Waals surface area contributed by atoms with Gasteiger partial charge in [0.1, 0.15) is 0 Å². The molecule has 0 aliphatic carbocycles. The van der Waals surface area contributed by atoms with Gasteiger partial charge in [0.25, 0.3) is 0 Å². The molecular formula is C10H14F6O2Si. The average Bonchev–Trinajstić information content (AvgIpc) is 2.14. The highest BCUT2D eigenvalue weighted by molar-refractivity contribution is 7.27. The Labute approximate surface area is 107 Å². The summed E-state index contributed by atoms with van der Waals surface area (Å²) in [4.78, 5) is 22.9. The zero-order valence-electron chi connectivity index (χ0n) is 10.7. The molecule has 0 amide bonds. The van der Waals surface area contributed by atoms with E-state index in [0.29, 0.717) is 0 Å². The van der Waals surface area contributed by atoms with E-state index in [1.165, 1.54) is 0 Å². The highest BCUT2D eigenvalue weighted by Gasteiger charge is 2.68. The smallest absolute Gasteiger partial charge is 0.295 e. The van der Waals surface area contributed by atoms with Crippen molar-refractivity contribution < 1.29 is 35.9 Å². The van der Waals surface area contributed by atoms with Crippen LogP contribution < -0.4 is 0 Å². The van der Waals surface area contributed by atoms with Crippen LogP contribution in [0.2, 0.25) is 11.1 Å². The summed E-state index contributed by atoms with van der Waals surface area (Å²) in [5.41, 5.74) is -2.59. The van der Waals surface area contributed by atoms with Gasteiger partial charge in [-0.3, -0.25) is 9.59 Å². The molecule has 0 saturated heterocycles. The lowest BCUT2D eigenvalue weighted by Gasteiger charge is -2.36. The van der Waals surface area contributed by atoms with Crippen LogP contribution in [0.1, 0.15) is 27.7 Å². The van der Waals surface area contributed by atoms with Gasteiger partial charge in [-0.15, -0.1) is 0 Å². The van der Waals surface area contributed by atoms with E-state index in [9.17, 15) is 35.9 Å². The van der Waals surface area contributed by atoms with Crippen LogP contribution in [0.5, 0.6) is 0 Å². The highest BCUT2D eigenvalue weighted by atomic mass is 28.3. The molecule has 0 rings (SSSR count). The third kappa shape index (κ3) is 3.18. The van der Waals surface area contributed by atoms with Crippen molar-refractivity contribution in [2.75, 3.05) is 0 Å². The normalized spacial score (nSPS) is 14.1. The van der Waals surface area contributed by atoms with Gasteiger partial charge >= 0.3 is 12.4 Å². The van der Waals surface area contributed by atoms with E-state index in [2.05, 4.69) is 0 Å². The number of hydrogen-bond acceptors (Lipinski definition) is 2. The second-order valence-corrected chi connectivity index (χ2v) is 9.79. The van der Waals surface area contributed by atoms with Gasteiger partial charge < -0.3 is 0 Å². The Morgan fingerprint density at radius 2 is 0.947 bits per heavy atom. The van der Waals surface area contributed by atoms with Crippen molar-refractivity contribution in [2.24, 2.45) is 0 Å². The lowest BCUT2D eigenvalue weighted by atomic mass is 10.5. The predicted molar refractivity (Wildman–Crippen MR) is 58.1 cm³/mol. The van der Waals surface area contributed by atoms with Crippen LogP contribution in [-0.4, -0.2) is 31.2 Å². The molecule has 0 bridgehead atoms. The van der Waals surface area contributed by atoms with Crippen LogP contribution >= 0.6 is 0 Å². The Morgan fingerprint density at radius 3 is 1.05 bits per heavy atom. The predicted octanol–water partition coefficient (Wildman–Crippen LogP) is 3.60. The number of hydrogen-bond donors (Lipinski definition) is 0. The molecule has 0 heterocycles. The molecule has 0 N–H and O–H groups in total. The Hall–Kier alpha value is -0.863. The third-order valence-corrected chi connectivity index (χ3v) is 8.80. The molecule has 9 heteroatoms. The molecule has 0 aromatic heterocycles. The molecule has 0 fully saturated rings. The van der Waals surface area contributed by atoms with Crippen molar-refractivity contribution in [3.05, 3.63) is 0 Å². The van der Waals surface area contributed by atoms with Gasteiger partial charge in [-0.2, -0.15) is 26.3 Å². The molecule has 0 saturated carbocycles. The van der Waals surface area contributed by atoms with Crippen molar-refractivity contribution in [1.29, 1.82) is 0 Å². The molecule has 0 aromatic rings. The minimum absolute atomic E-state index is 1.06. The molecule has 2 nitrogen and oxygen atoms in total. The zero-order chi connectivity index (χ0) is 15.8. The minimum atomic E-state index is -5.44. The van der Waals surface area contributed by atoms with Crippen molar-refractivity contribution >= 4 is 18.9 Å². The summed E-state index contributed by atoms with van der Waals surface area (Å²) in [6.45, 7) is 4.22. The fourth-order valence-corrected chi connectivity index (χ4v) is 6.86. The number of carbonyl (C=O) groups is 2. The number of carbonyl (C=O) groups excluding carboxylic acids is 2. The van der Waals surface area contributed by atoms with Crippen LogP contribution in [0.4, 0.5) is 26.3 Å². The lowest BCUT2D eigenvalue weighted by molar-refractivity contribution is -0.169. The van der Waals surface area contributed by atoms with Gasteiger partial charge in [-0.05, 0) is 11.1 Å². The summed E-state index contributed by atoms with van der Waals surface area (Å²) < 4.78 is 75.5. The first-order valence-corrected chi connectivity index (χ1v) is 7.58. The SMILES string of the molecule is CC(C)[Si](C(=O)C(F)(F)F)(C(=O)C(F)(F)F)C(C)C. The van der Waals surface area contributed by atoms with E-state index >= 15 is 0 Å². The molecular weight excluding hydrogens is 294 g/mol. The van der Waals surface area contributed by atoms with E-state index in [1.807, 2.05) is 0 Å². The number of halogens is 6. The molecule has 112 valence electrons. The Bertz CT molecular complexity index is 333. The molecule has 0 aliphatic heterocycles. The molecule has 0 aromatic carbocycles.